The Morgan fingerprint density at radius 1 is 0.712 bits per heavy atom. The molecule has 0 heterocycles. The van der Waals surface area contributed by atoms with Gasteiger partial charge in [-0.1, -0.05) is 54.6 Å². The molecule has 5 aromatic rings. The summed E-state index contributed by atoms with van der Waals surface area (Å²) in [5.41, 5.74) is 2.77. The normalized spacial score (nSPS) is 11.5. The van der Waals surface area contributed by atoms with Crippen molar-refractivity contribution in [2.45, 2.75) is 17.1 Å². The summed E-state index contributed by atoms with van der Waals surface area (Å²) in [7, 11) is 4.48. The van der Waals surface area contributed by atoms with Gasteiger partial charge in [0, 0.05) is 21.8 Å². The number of hydrogen-bond acceptors (Lipinski definition) is 8. The highest BCUT2D eigenvalue weighted by atomic mass is 32.2. The third-order valence-corrected chi connectivity index (χ3v) is 8.89. The maximum atomic E-state index is 13.9. The Kier molecular flexibility index (Phi) is 12.9. The number of anilines is 2. The molecule has 10 nitrogen and oxygen atoms in total. The van der Waals surface area contributed by atoms with Crippen molar-refractivity contribution in [2.75, 3.05) is 38.6 Å². The van der Waals surface area contributed by atoms with Gasteiger partial charge in [0.15, 0.2) is 11.5 Å². The topological polar surface area (TPSA) is 124 Å². The Morgan fingerprint density at radius 3 is 1.98 bits per heavy atom. The quantitative estimate of drug-likeness (QED) is 0.0736. The molecule has 0 aromatic heterocycles. The molecule has 52 heavy (non-hydrogen) atoms. The molecule has 0 spiro atoms. The van der Waals surface area contributed by atoms with Crippen LogP contribution in [0.15, 0.2) is 132 Å². The van der Waals surface area contributed by atoms with Crippen LogP contribution in [0.2, 0.25) is 0 Å². The van der Waals surface area contributed by atoms with E-state index in [1.807, 2.05) is 55.5 Å². The molecule has 0 aliphatic rings. The van der Waals surface area contributed by atoms with Gasteiger partial charge in [-0.2, -0.15) is 0 Å². The summed E-state index contributed by atoms with van der Waals surface area (Å²) in [6.45, 7) is 2.46. The summed E-state index contributed by atoms with van der Waals surface area (Å²) in [4.78, 5) is 41.6. The van der Waals surface area contributed by atoms with Crippen molar-refractivity contribution in [3.8, 4) is 23.0 Å². The fraction of sp³-hybridized carbons (Fsp3) is 0.146. The predicted molar refractivity (Wildman–Crippen MR) is 204 cm³/mol. The first kappa shape index (κ1) is 37.1. The third kappa shape index (κ3) is 9.73. The molecule has 5 aromatic carbocycles. The number of carbonyl (C=O) groups excluding carboxylic acids is 3. The van der Waals surface area contributed by atoms with Crippen LogP contribution >= 0.6 is 11.8 Å². The zero-order chi connectivity index (χ0) is 36.9. The second-order valence-electron chi connectivity index (χ2n) is 11.2. The second-order valence-corrected chi connectivity index (χ2v) is 12.4. The maximum Gasteiger partial charge on any atom is 0.272 e. The largest absolute Gasteiger partial charge is 0.494 e. The van der Waals surface area contributed by atoms with Gasteiger partial charge in [-0.3, -0.25) is 14.4 Å². The summed E-state index contributed by atoms with van der Waals surface area (Å²) >= 11 is 1.34. The van der Waals surface area contributed by atoms with E-state index >= 15 is 0 Å². The molecule has 5 rings (SSSR count). The molecule has 3 N–H and O–H groups in total. The average molecular weight is 718 g/mol. The number of thioether (sulfide) groups is 1. The number of methoxy groups -OCH3 is 3. The number of ether oxygens (including phenoxy) is 4. The summed E-state index contributed by atoms with van der Waals surface area (Å²) in [5, 5.41) is 8.06. The molecule has 0 radical (unpaired) electrons. The monoisotopic (exact) mass is 717 g/mol. The van der Waals surface area contributed by atoms with Crippen LogP contribution in [-0.4, -0.2) is 45.7 Å². The molecule has 0 bridgehead atoms. The second kappa shape index (κ2) is 18.2. The van der Waals surface area contributed by atoms with Crippen molar-refractivity contribution in [3.63, 3.8) is 0 Å². The smallest absolute Gasteiger partial charge is 0.272 e. The molecule has 0 saturated carbocycles. The molecule has 1 unspecified atom stereocenters. The van der Waals surface area contributed by atoms with Crippen molar-refractivity contribution in [1.82, 2.24) is 5.32 Å². The van der Waals surface area contributed by atoms with Crippen LogP contribution < -0.4 is 34.9 Å². The minimum atomic E-state index is -0.612. The van der Waals surface area contributed by atoms with E-state index in [1.54, 1.807) is 72.8 Å². The zero-order valence-electron chi connectivity index (χ0n) is 29.2. The lowest BCUT2D eigenvalue weighted by molar-refractivity contribution is -0.116. The minimum Gasteiger partial charge on any atom is -0.494 e. The molecule has 3 amide bonds. The number of amides is 3. The lowest BCUT2D eigenvalue weighted by atomic mass is 10.1. The summed E-state index contributed by atoms with van der Waals surface area (Å²) in [6.07, 6.45) is 1.52. The molecule has 0 aliphatic carbocycles. The molecular formula is C41H39N3O7S. The lowest BCUT2D eigenvalue weighted by Gasteiger charge is -2.18. The molecule has 11 heteroatoms. The van der Waals surface area contributed by atoms with Crippen molar-refractivity contribution < 1.29 is 33.3 Å². The summed E-state index contributed by atoms with van der Waals surface area (Å²) < 4.78 is 21.9. The number of carbonyl (C=O) groups is 3. The molecule has 1 atom stereocenters. The maximum absolute atomic E-state index is 13.9. The van der Waals surface area contributed by atoms with E-state index in [2.05, 4.69) is 16.0 Å². The van der Waals surface area contributed by atoms with E-state index in [9.17, 15) is 14.4 Å². The Morgan fingerprint density at radius 2 is 1.37 bits per heavy atom. The van der Waals surface area contributed by atoms with E-state index in [1.165, 1.54) is 39.2 Å². The highest BCUT2D eigenvalue weighted by Gasteiger charge is 2.23. The first-order chi connectivity index (χ1) is 25.3. The van der Waals surface area contributed by atoms with Crippen LogP contribution in [0.1, 0.15) is 33.7 Å². The Hall–Kier alpha value is -6.20. The molecular weight excluding hydrogens is 679 g/mol. The highest BCUT2D eigenvalue weighted by Crippen LogP contribution is 2.39. The first-order valence-electron chi connectivity index (χ1n) is 16.4. The number of hydrogen-bond donors (Lipinski definition) is 3. The van der Waals surface area contributed by atoms with E-state index in [4.69, 9.17) is 18.9 Å². The molecule has 0 fully saturated rings. The number of nitrogens with one attached hydrogen (secondary N) is 3. The summed E-state index contributed by atoms with van der Waals surface area (Å²) in [6, 6.07) is 35.8. The number of benzene rings is 5. The minimum absolute atomic E-state index is 0.0296. The van der Waals surface area contributed by atoms with Crippen molar-refractivity contribution in [3.05, 3.63) is 144 Å². The van der Waals surface area contributed by atoms with Crippen molar-refractivity contribution in [1.29, 1.82) is 0 Å². The standard InChI is InChI=1S/C41H39N3O7S/c1-5-51-32-21-19-30(20-22-32)42-41(47)38(28-13-8-6-9-14-28)52-33-18-12-17-31(26-33)43-40(46)34(44-39(45)29-15-10-7-11-16-29)23-27-24-35(48-2)37(50-4)36(25-27)49-3/h6-26,38H,5H2,1-4H3,(H,42,47)(H,43,46)(H,44,45)/b34-23+. The molecule has 266 valence electrons. The average Bonchev–Trinajstić information content (AvgIpc) is 3.17. The van der Waals surface area contributed by atoms with Gasteiger partial charge in [0.25, 0.3) is 11.8 Å². The highest BCUT2D eigenvalue weighted by molar-refractivity contribution is 8.00. The molecule has 0 saturated heterocycles. The van der Waals surface area contributed by atoms with Gasteiger partial charge in [-0.25, -0.2) is 0 Å². The SMILES string of the molecule is CCOc1ccc(NC(=O)C(Sc2cccc(NC(=O)/C(=C\c3cc(OC)c(OC)c(OC)c3)NC(=O)c3ccccc3)c2)c2ccccc2)cc1. The van der Waals surface area contributed by atoms with Gasteiger partial charge in [0.1, 0.15) is 16.7 Å². The fourth-order valence-electron chi connectivity index (χ4n) is 5.19. The predicted octanol–water partition coefficient (Wildman–Crippen LogP) is 7.99. The zero-order valence-corrected chi connectivity index (χ0v) is 30.0. The third-order valence-electron chi connectivity index (χ3n) is 7.65. The van der Waals surface area contributed by atoms with Crippen LogP contribution in [0.25, 0.3) is 6.08 Å². The van der Waals surface area contributed by atoms with Gasteiger partial charge in [0.05, 0.1) is 27.9 Å². The van der Waals surface area contributed by atoms with Crippen LogP contribution in [-0.2, 0) is 9.59 Å². The van der Waals surface area contributed by atoms with Crippen molar-refractivity contribution >= 4 is 46.9 Å². The van der Waals surface area contributed by atoms with Crippen molar-refractivity contribution in [2.24, 2.45) is 0 Å². The van der Waals surface area contributed by atoms with E-state index in [0.717, 1.165) is 16.2 Å². The van der Waals surface area contributed by atoms with Crippen LogP contribution in [0.5, 0.6) is 23.0 Å². The van der Waals surface area contributed by atoms with E-state index < -0.39 is 17.1 Å². The van der Waals surface area contributed by atoms with Gasteiger partial charge in [-0.05, 0) is 90.9 Å². The Bertz CT molecular complexity index is 2000. The van der Waals surface area contributed by atoms with Gasteiger partial charge in [-0.15, -0.1) is 11.8 Å². The van der Waals surface area contributed by atoms with E-state index in [-0.39, 0.29) is 11.6 Å². The van der Waals surface area contributed by atoms with Crippen LogP contribution in [0, 0.1) is 0 Å². The van der Waals surface area contributed by atoms with Gasteiger partial charge in [0.2, 0.25) is 11.7 Å². The summed E-state index contributed by atoms with van der Waals surface area (Å²) in [5.74, 6) is 0.607. The van der Waals surface area contributed by atoms with Crippen LogP contribution in [0.3, 0.4) is 0 Å². The fourth-order valence-corrected chi connectivity index (χ4v) is 6.27. The lowest BCUT2D eigenvalue weighted by Crippen LogP contribution is -2.30. The first-order valence-corrected chi connectivity index (χ1v) is 17.2. The van der Waals surface area contributed by atoms with Crippen LogP contribution in [0.4, 0.5) is 11.4 Å². The van der Waals surface area contributed by atoms with Gasteiger partial charge < -0.3 is 34.9 Å². The van der Waals surface area contributed by atoms with Gasteiger partial charge >= 0.3 is 0 Å². The Labute approximate surface area is 307 Å². The molecule has 0 aliphatic heterocycles. The number of rotatable bonds is 15. The Balaban J connectivity index is 1.41. The van der Waals surface area contributed by atoms with E-state index in [0.29, 0.717) is 46.4 Å².